The molecule has 0 radical (unpaired) electrons. The third kappa shape index (κ3) is 3.86. The van der Waals surface area contributed by atoms with E-state index in [4.69, 9.17) is 9.47 Å². The Morgan fingerprint density at radius 1 is 1.11 bits per heavy atom. The molecule has 5 heteroatoms. The van der Waals surface area contributed by atoms with E-state index >= 15 is 0 Å². The zero-order chi connectivity index (χ0) is 14.4. The van der Waals surface area contributed by atoms with Crippen molar-refractivity contribution in [3.8, 4) is 11.5 Å². The van der Waals surface area contributed by atoms with Crippen LogP contribution in [0.5, 0.6) is 11.5 Å². The number of ether oxygens (including phenoxy) is 3. The molecule has 0 spiro atoms. The first-order chi connectivity index (χ1) is 9.03. The minimum Gasteiger partial charge on any atom is -0.493 e. The molecule has 0 aliphatic rings. The highest BCUT2D eigenvalue weighted by atomic mass is 16.5. The first kappa shape index (κ1) is 15.3. The van der Waals surface area contributed by atoms with Gasteiger partial charge < -0.3 is 14.2 Å². The number of esters is 1. The lowest BCUT2D eigenvalue weighted by molar-refractivity contribution is -0.142. The van der Waals surface area contributed by atoms with E-state index in [1.807, 2.05) is 25.1 Å². The average molecular weight is 267 g/mol. The lowest BCUT2D eigenvalue weighted by atomic mass is 10.1. The summed E-state index contributed by atoms with van der Waals surface area (Å²) in [7, 11) is 4.57. The van der Waals surface area contributed by atoms with Crippen LogP contribution in [0, 0.1) is 0 Å². The molecule has 0 saturated carbocycles. The minimum absolute atomic E-state index is 0.00564. The van der Waals surface area contributed by atoms with Crippen molar-refractivity contribution < 1.29 is 19.0 Å². The van der Waals surface area contributed by atoms with Crippen LogP contribution < -0.4 is 14.8 Å². The molecule has 1 N–H and O–H groups in total. The van der Waals surface area contributed by atoms with Crippen LogP contribution in [-0.4, -0.2) is 33.3 Å². The molecular weight excluding hydrogens is 246 g/mol. The van der Waals surface area contributed by atoms with Crippen LogP contribution in [0.25, 0.3) is 0 Å². The number of nitrogens with one attached hydrogen (secondary N) is 1. The number of hydrogen-bond acceptors (Lipinski definition) is 5. The Labute approximate surface area is 113 Å². The summed E-state index contributed by atoms with van der Waals surface area (Å²) in [6, 6.07) is 5.29. The summed E-state index contributed by atoms with van der Waals surface area (Å²) in [4.78, 5) is 11.4. The normalized spacial score (nSPS) is 13.5. The number of carbonyl (C=O) groups excluding carboxylic acids is 1. The van der Waals surface area contributed by atoms with Gasteiger partial charge >= 0.3 is 5.97 Å². The maximum atomic E-state index is 11.4. The van der Waals surface area contributed by atoms with Gasteiger partial charge in [-0.1, -0.05) is 6.07 Å². The quantitative estimate of drug-likeness (QED) is 0.798. The van der Waals surface area contributed by atoms with E-state index in [2.05, 4.69) is 10.1 Å². The molecule has 0 bridgehead atoms. The maximum Gasteiger partial charge on any atom is 0.322 e. The number of hydrogen-bond donors (Lipinski definition) is 1. The lowest BCUT2D eigenvalue weighted by Crippen LogP contribution is -2.36. The van der Waals surface area contributed by atoms with Crippen LogP contribution in [0.1, 0.15) is 25.5 Å². The first-order valence-corrected chi connectivity index (χ1v) is 6.09. The van der Waals surface area contributed by atoms with E-state index in [1.54, 1.807) is 21.1 Å². The summed E-state index contributed by atoms with van der Waals surface area (Å²) < 4.78 is 15.1. The molecule has 1 rings (SSSR count). The summed E-state index contributed by atoms with van der Waals surface area (Å²) >= 11 is 0. The van der Waals surface area contributed by atoms with E-state index in [-0.39, 0.29) is 18.1 Å². The molecule has 5 nitrogen and oxygen atoms in total. The zero-order valence-corrected chi connectivity index (χ0v) is 12.0. The molecule has 0 aromatic heterocycles. The second-order valence-electron chi connectivity index (χ2n) is 4.25. The summed E-state index contributed by atoms with van der Waals surface area (Å²) in [6.45, 7) is 3.74. The molecule has 0 aliphatic heterocycles. The second kappa shape index (κ2) is 6.99. The van der Waals surface area contributed by atoms with Gasteiger partial charge in [0, 0.05) is 6.04 Å². The molecule has 0 aliphatic carbocycles. The van der Waals surface area contributed by atoms with Crippen molar-refractivity contribution in [1.82, 2.24) is 5.32 Å². The number of rotatable bonds is 6. The summed E-state index contributed by atoms with van der Waals surface area (Å²) in [5.41, 5.74) is 1.01. The van der Waals surface area contributed by atoms with Crippen LogP contribution >= 0.6 is 0 Å². The van der Waals surface area contributed by atoms with Gasteiger partial charge in [0.05, 0.1) is 21.3 Å². The molecule has 1 unspecified atom stereocenters. The van der Waals surface area contributed by atoms with Crippen molar-refractivity contribution in [2.75, 3.05) is 21.3 Å². The van der Waals surface area contributed by atoms with Crippen molar-refractivity contribution >= 4 is 5.97 Å². The topological polar surface area (TPSA) is 56.8 Å². The van der Waals surface area contributed by atoms with Gasteiger partial charge in [0.15, 0.2) is 11.5 Å². The van der Waals surface area contributed by atoms with Gasteiger partial charge in [0.1, 0.15) is 6.04 Å². The fourth-order valence-corrected chi connectivity index (χ4v) is 1.84. The van der Waals surface area contributed by atoms with Crippen LogP contribution in [0.3, 0.4) is 0 Å². The predicted octanol–water partition coefficient (Wildman–Crippen LogP) is 1.92. The maximum absolute atomic E-state index is 11.4. The Kier molecular flexibility index (Phi) is 5.63. The minimum atomic E-state index is -0.368. The molecule has 2 atom stereocenters. The van der Waals surface area contributed by atoms with Crippen LogP contribution in [0.2, 0.25) is 0 Å². The Bertz CT molecular complexity index is 433. The summed E-state index contributed by atoms with van der Waals surface area (Å²) in [5, 5.41) is 3.16. The zero-order valence-electron chi connectivity index (χ0n) is 12.0. The van der Waals surface area contributed by atoms with Crippen molar-refractivity contribution in [2.45, 2.75) is 25.9 Å². The van der Waals surface area contributed by atoms with Crippen LogP contribution in [0.15, 0.2) is 18.2 Å². The largest absolute Gasteiger partial charge is 0.493 e. The molecule has 0 heterocycles. The van der Waals surface area contributed by atoms with E-state index in [0.29, 0.717) is 11.5 Å². The van der Waals surface area contributed by atoms with Crippen molar-refractivity contribution in [3.63, 3.8) is 0 Å². The molecule has 0 amide bonds. The number of benzene rings is 1. The van der Waals surface area contributed by atoms with E-state index in [0.717, 1.165) is 5.56 Å². The van der Waals surface area contributed by atoms with Gasteiger partial charge in [-0.15, -0.1) is 0 Å². The fraction of sp³-hybridized carbons (Fsp3) is 0.500. The highest BCUT2D eigenvalue weighted by Gasteiger charge is 2.17. The summed E-state index contributed by atoms with van der Waals surface area (Å²) in [5.74, 6) is 1.06. The predicted molar refractivity (Wildman–Crippen MR) is 72.6 cm³/mol. The number of carbonyl (C=O) groups is 1. The Morgan fingerprint density at radius 3 is 2.26 bits per heavy atom. The monoisotopic (exact) mass is 267 g/mol. The van der Waals surface area contributed by atoms with Gasteiger partial charge in [0.2, 0.25) is 0 Å². The Balaban J connectivity index is 2.82. The molecule has 1 aromatic carbocycles. The van der Waals surface area contributed by atoms with E-state index in [1.165, 1.54) is 7.11 Å². The van der Waals surface area contributed by atoms with Gasteiger partial charge in [-0.25, -0.2) is 0 Å². The van der Waals surface area contributed by atoms with E-state index < -0.39 is 0 Å². The van der Waals surface area contributed by atoms with Crippen LogP contribution in [-0.2, 0) is 9.53 Å². The van der Waals surface area contributed by atoms with Crippen LogP contribution in [0.4, 0.5) is 0 Å². The molecule has 1 aromatic rings. The number of methoxy groups -OCH3 is 3. The highest BCUT2D eigenvalue weighted by molar-refractivity contribution is 5.75. The summed E-state index contributed by atoms with van der Waals surface area (Å²) in [6.07, 6.45) is 0. The van der Waals surface area contributed by atoms with Crippen molar-refractivity contribution in [2.24, 2.45) is 0 Å². The molecule has 0 fully saturated rings. The Morgan fingerprint density at radius 2 is 1.74 bits per heavy atom. The molecule has 19 heavy (non-hydrogen) atoms. The van der Waals surface area contributed by atoms with E-state index in [9.17, 15) is 4.79 Å². The standard InChI is InChI=1S/C14H21NO4/c1-9(15-10(2)14(16)19-5)11-6-7-12(17-3)13(8-11)18-4/h6-10,15H,1-5H3/t9?,10-/m0/s1. The van der Waals surface area contributed by atoms with Gasteiger partial charge in [-0.3, -0.25) is 10.1 Å². The fourth-order valence-electron chi connectivity index (χ4n) is 1.84. The van der Waals surface area contributed by atoms with Gasteiger partial charge in [0.25, 0.3) is 0 Å². The smallest absolute Gasteiger partial charge is 0.322 e. The van der Waals surface area contributed by atoms with Crippen molar-refractivity contribution in [3.05, 3.63) is 23.8 Å². The van der Waals surface area contributed by atoms with Gasteiger partial charge in [-0.2, -0.15) is 0 Å². The third-order valence-electron chi connectivity index (χ3n) is 2.96. The SMILES string of the molecule is COC(=O)[C@H](C)NC(C)c1ccc(OC)c(OC)c1. The highest BCUT2D eigenvalue weighted by Crippen LogP contribution is 2.29. The first-order valence-electron chi connectivity index (χ1n) is 6.09. The molecule has 106 valence electrons. The van der Waals surface area contributed by atoms with Gasteiger partial charge in [-0.05, 0) is 31.5 Å². The lowest BCUT2D eigenvalue weighted by Gasteiger charge is -2.19. The third-order valence-corrected chi connectivity index (χ3v) is 2.96. The Hall–Kier alpha value is -1.75. The second-order valence-corrected chi connectivity index (χ2v) is 4.25. The average Bonchev–Trinajstić information content (AvgIpc) is 2.45. The van der Waals surface area contributed by atoms with Crippen molar-refractivity contribution in [1.29, 1.82) is 0 Å². The molecular formula is C14H21NO4. The molecule has 0 saturated heterocycles.